The van der Waals surface area contributed by atoms with Gasteiger partial charge in [0.2, 0.25) is 5.91 Å². The van der Waals surface area contributed by atoms with Gasteiger partial charge < -0.3 is 14.8 Å². The van der Waals surface area contributed by atoms with Crippen LogP contribution in [0.2, 0.25) is 0 Å². The van der Waals surface area contributed by atoms with Crippen LogP contribution in [-0.4, -0.2) is 30.6 Å². The van der Waals surface area contributed by atoms with Crippen molar-refractivity contribution in [2.75, 3.05) is 23.9 Å². The quantitative estimate of drug-likeness (QED) is 0.850. The first-order valence-electron chi connectivity index (χ1n) is 5.98. The lowest BCUT2D eigenvalue weighted by Gasteiger charge is -2.11. The van der Waals surface area contributed by atoms with Crippen LogP contribution in [0.1, 0.15) is 12.8 Å². The monoisotopic (exact) mass is 313 g/mol. The fraction of sp³-hybridized carbons (Fsp3) is 0.462. The summed E-state index contributed by atoms with van der Waals surface area (Å²) in [5, 5.41) is 3.05. The third-order valence-corrected chi connectivity index (χ3v) is 3.23. The van der Waals surface area contributed by atoms with E-state index in [2.05, 4.69) is 21.2 Å². The topological polar surface area (TPSA) is 47.6 Å². The molecule has 1 aliphatic rings. The number of carbonyl (C=O) groups excluding carboxylic acids is 1. The number of halogens is 1. The van der Waals surface area contributed by atoms with Gasteiger partial charge in [-0.05, 0) is 37.1 Å². The molecule has 2 rings (SSSR count). The summed E-state index contributed by atoms with van der Waals surface area (Å²) in [6.45, 7) is 1.43. The van der Waals surface area contributed by atoms with Crippen LogP contribution in [0, 0.1) is 0 Å². The van der Waals surface area contributed by atoms with Gasteiger partial charge >= 0.3 is 0 Å². The van der Waals surface area contributed by atoms with E-state index in [1.165, 1.54) is 0 Å². The predicted molar refractivity (Wildman–Crippen MR) is 73.3 cm³/mol. The highest BCUT2D eigenvalue weighted by atomic mass is 79.9. The van der Waals surface area contributed by atoms with Gasteiger partial charge in [-0.2, -0.15) is 0 Å². The second-order valence-corrected chi connectivity index (χ2v) is 4.71. The zero-order chi connectivity index (χ0) is 12.8. The van der Waals surface area contributed by atoms with Gasteiger partial charge in [-0.25, -0.2) is 0 Å². The molecule has 1 fully saturated rings. The lowest BCUT2D eigenvalue weighted by Crippen LogP contribution is -2.16. The molecular formula is C13H16BrNO3. The molecule has 18 heavy (non-hydrogen) atoms. The van der Waals surface area contributed by atoms with E-state index in [-0.39, 0.29) is 12.0 Å². The van der Waals surface area contributed by atoms with Crippen molar-refractivity contribution in [3.8, 4) is 5.75 Å². The first-order valence-corrected chi connectivity index (χ1v) is 7.10. The summed E-state index contributed by atoms with van der Waals surface area (Å²) in [6, 6.07) is 7.34. The molecule has 4 nitrogen and oxygen atoms in total. The summed E-state index contributed by atoms with van der Waals surface area (Å²) in [6.07, 6.45) is 2.41. The minimum Gasteiger partial charge on any atom is -0.491 e. The number of hydrogen-bond acceptors (Lipinski definition) is 3. The van der Waals surface area contributed by atoms with Crippen molar-refractivity contribution in [1.82, 2.24) is 0 Å². The summed E-state index contributed by atoms with van der Waals surface area (Å²) in [5.74, 6) is 0.727. The molecular weight excluding hydrogens is 298 g/mol. The van der Waals surface area contributed by atoms with Crippen LogP contribution >= 0.6 is 15.9 Å². The molecule has 0 bridgehead atoms. The van der Waals surface area contributed by atoms with Crippen LogP contribution in [0.5, 0.6) is 5.75 Å². The molecule has 98 valence electrons. The molecule has 0 saturated carbocycles. The summed E-state index contributed by atoms with van der Waals surface area (Å²) in [5.41, 5.74) is 0.768. The van der Waals surface area contributed by atoms with E-state index in [1.807, 2.05) is 24.3 Å². The van der Waals surface area contributed by atoms with E-state index in [9.17, 15) is 4.79 Å². The van der Waals surface area contributed by atoms with Crippen LogP contribution < -0.4 is 10.1 Å². The van der Waals surface area contributed by atoms with Crippen molar-refractivity contribution in [2.45, 2.75) is 18.9 Å². The Labute approximate surface area is 115 Å². The Kier molecular flexibility index (Phi) is 5.01. The number of hydrogen-bond donors (Lipinski definition) is 1. The van der Waals surface area contributed by atoms with Gasteiger partial charge in [0.25, 0.3) is 0 Å². The Morgan fingerprint density at radius 3 is 2.83 bits per heavy atom. The number of nitrogens with one attached hydrogen (secondary N) is 1. The molecule has 5 heteroatoms. The lowest BCUT2D eigenvalue weighted by atomic mass is 10.2. The van der Waals surface area contributed by atoms with E-state index < -0.39 is 0 Å². The Balaban J connectivity index is 1.81. The maximum absolute atomic E-state index is 11.2. The zero-order valence-corrected chi connectivity index (χ0v) is 11.6. The summed E-state index contributed by atoms with van der Waals surface area (Å²) in [4.78, 5) is 11.2. The SMILES string of the molecule is O=C(CBr)Nc1ccc(OCC2CCCO2)cc1. The van der Waals surface area contributed by atoms with Crippen molar-refractivity contribution in [3.63, 3.8) is 0 Å². The smallest absolute Gasteiger partial charge is 0.235 e. The van der Waals surface area contributed by atoms with E-state index in [1.54, 1.807) is 0 Å². The van der Waals surface area contributed by atoms with Gasteiger partial charge in [-0.3, -0.25) is 4.79 Å². The number of alkyl halides is 1. The highest BCUT2D eigenvalue weighted by Crippen LogP contribution is 2.18. The first-order chi connectivity index (χ1) is 8.78. The van der Waals surface area contributed by atoms with Crippen LogP contribution in [0.15, 0.2) is 24.3 Å². The highest BCUT2D eigenvalue weighted by molar-refractivity contribution is 9.09. The fourth-order valence-corrected chi connectivity index (χ4v) is 1.93. The Hall–Kier alpha value is -1.07. The van der Waals surface area contributed by atoms with E-state index >= 15 is 0 Å². The average molecular weight is 314 g/mol. The predicted octanol–water partition coefficient (Wildman–Crippen LogP) is 2.58. The standard InChI is InChI=1S/C13H16BrNO3/c14-8-13(16)15-10-3-5-11(6-4-10)18-9-12-2-1-7-17-12/h3-6,12H,1-2,7-9H2,(H,15,16). The van der Waals surface area contributed by atoms with E-state index in [0.29, 0.717) is 11.9 Å². The van der Waals surface area contributed by atoms with Crippen molar-refractivity contribution in [3.05, 3.63) is 24.3 Å². The van der Waals surface area contributed by atoms with Crippen molar-refractivity contribution in [1.29, 1.82) is 0 Å². The van der Waals surface area contributed by atoms with Gasteiger partial charge in [0.05, 0.1) is 11.4 Å². The lowest BCUT2D eigenvalue weighted by molar-refractivity contribution is -0.113. The van der Waals surface area contributed by atoms with Gasteiger partial charge in [0, 0.05) is 12.3 Å². The van der Waals surface area contributed by atoms with Gasteiger partial charge in [-0.15, -0.1) is 0 Å². The molecule has 1 unspecified atom stereocenters. The number of benzene rings is 1. The molecule has 1 saturated heterocycles. The molecule has 1 amide bonds. The largest absolute Gasteiger partial charge is 0.491 e. The molecule has 1 atom stereocenters. The molecule has 1 N–H and O–H groups in total. The first kappa shape index (κ1) is 13.4. The molecule has 1 heterocycles. The molecule has 1 aliphatic heterocycles. The molecule has 1 aromatic carbocycles. The summed E-state index contributed by atoms with van der Waals surface area (Å²) >= 11 is 3.10. The number of ether oxygens (including phenoxy) is 2. The molecule has 0 spiro atoms. The maximum atomic E-state index is 11.2. The fourth-order valence-electron chi connectivity index (χ4n) is 1.79. The zero-order valence-electron chi connectivity index (χ0n) is 10.0. The number of rotatable bonds is 5. The Morgan fingerprint density at radius 1 is 1.44 bits per heavy atom. The number of amides is 1. The Bertz CT molecular complexity index is 388. The van der Waals surface area contributed by atoms with Crippen molar-refractivity contribution in [2.24, 2.45) is 0 Å². The van der Waals surface area contributed by atoms with Crippen LogP contribution in [0.25, 0.3) is 0 Å². The average Bonchev–Trinajstić information content (AvgIpc) is 2.91. The van der Waals surface area contributed by atoms with Crippen LogP contribution in [0.3, 0.4) is 0 Å². The molecule has 0 aliphatic carbocycles. The second kappa shape index (κ2) is 6.75. The van der Waals surface area contributed by atoms with Gasteiger partial charge in [-0.1, -0.05) is 15.9 Å². The van der Waals surface area contributed by atoms with E-state index in [0.717, 1.165) is 30.9 Å². The molecule has 0 aromatic heterocycles. The molecule has 0 radical (unpaired) electrons. The third kappa shape index (κ3) is 3.99. The summed E-state index contributed by atoms with van der Waals surface area (Å²) in [7, 11) is 0. The van der Waals surface area contributed by atoms with Crippen LogP contribution in [-0.2, 0) is 9.53 Å². The Morgan fingerprint density at radius 2 is 2.22 bits per heavy atom. The van der Waals surface area contributed by atoms with Gasteiger partial charge in [0.1, 0.15) is 12.4 Å². The summed E-state index contributed by atoms with van der Waals surface area (Å²) < 4.78 is 11.1. The maximum Gasteiger partial charge on any atom is 0.235 e. The van der Waals surface area contributed by atoms with Crippen LogP contribution in [0.4, 0.5) is 5.69 Å². The number of anilines is 1. The minimum atomic E-state index is -0.0666. The third-order valence-electron chi connectivity index (χ3n) is 2.72. The van der Waals surface area contributed by atoms with Gasteiger partial charge in [0.15, 0.2) is 0 Å². The number of carbonyl (C=O) groups is 1. The van der Waals surface area contributed by atoms with Crippen molar-refractivity contribution >= 4 is 27.5 Å². The van der Waals surface area contributed by atoms with E-state index in [4.69, 9.17) is 9.47 Å². The highest BCUT2D eigenvalue weighted by Gasteiger charge is 2.15. The van der Waals surface area contributed by atoms with Crippen molar-refractivity contribution < 1.29 is 14.3 Å². The minimum absolute atomic E-state index is 0.0666. The second-order valence-electron chi connectivity index (χ2n) is 4.15. The molecule has 1 aromatic rings. The normalized spacial score (nSPS) is 18.6.